The van der Waals surface area contributed by atoms with Gasteiger partial charge in [-0.15, -0.1) is 0 Å². The maximum atomic E-state index is 13.2. The van der Waals surface area contributed by atoms with Crippen LogP contribution in [0.2, 0.25) is 0 Å². The topological polar surface area (TPSA) is 46.9 Å². The third-order valence-electron chi connectivity index (χ3n) is 6.70. The molecule has 0 aromatic carbocycles. The van der Waals surface area contributed by atoms with Crippen LogP contribution in [0.25, 0.3) is 0 Å². The number of hydrogen-bond acceptors (Lipinski definition) is 2. The molecule has 0 atom stereocenters. The number of alkyl halides is 2. The molecule has 1 aliphatic rings. The van der Waals surface area contributed by atoms with Crippen LogP contribution in [0.3, 0.4) is 0 Å². The van der Waals surface area contributed by atoms with Crippen molar-refractivity contribution in [1.82, 2.24) is 15.1 Å². The van der Waals surface area contributed by atoms with Crippen LogP contribution in [-0.4, -0.2) is 22.2 Å². The van der Waals surface area contributed by atoms with Gasteiger partial charge in [0.15, 0.2) is 0 Å². The normalized spacial score (nSPS) is 13.7. The summed E-state index contributed by atoms with van der Waals surface area (Å²) in [5.74, 6) is 0.0697. The molecule has 4 nitrogen and oxygen atoms in total. The molecule has 1 amide bonds. The maximum Gasteiger partial charge on any atom is 0.280 e. The van der Waals surface area contributed by atoms with Crippen molar-refractivity contribution in [2.45, 2.75) is 141 Å². The number of carbonyl (C=O) groups excluding carboxylic acids is 1. The van der Waals surface area contributed by atoms with Gasteiger partial charge in [0.1, 0.15) is 12.2 Å². The molecule has 1 heterocycles. The minimum atomic E-state index is -2.60. The molecule has 1 fully saturated rings. The predicted molar refractivity (Wildman–Crippen MR) is 132 cm³/mol. The number of aromatic nitrogens is 2. The summed E-state index contributed by atoms with van der Waals surface area (Å²) < 4.78 is 27.6. The Kier molecular flexibility index (Phi) is 14.4. The number of hydrogen-bond donors (Lipinski definition) is 1. The first kappa shape index (κ1) is 27.8. The Labute approximate surface area is 200 Å². The average molecular weight is 468 g/mol. The van der Waals surface area contributed by atoms with Crippen LogP contribution >= 0.6 is 0 Å². The van der Waals surface area contributed by atoms with Crippen LogP contribution in [0.4, 0.5) is 8.78 Å². The Balaban J connectivity index is 1.37. The minimum Gasteiger partial charge on any atom is -0.354 e. The standard InChI is InChI=1S/C27H47F2N3O/c1-2-3-4-5-6-7-8-9-10-11-12-13-14-15-16-17-20-30-26(33)22-32-25(27(28)29)21-24(31-32)23-18-19-23/h21,23,27H,2-20,22H2,1H3,(H,30,33). The van der Waals surface area contributed by atoms with Gasteiger partial charge in [0.25, 0.3) is 6.43 Å². The molecule has 1 aliphatic carbocycles. The van der Waals surface area contributed by atoms with Gasteiger partial charge in [0.2, 0.25) is 5.91 Å². The highest BCUT2D eigenvalue weighted by Crippen LogP contribution is 2.40. The summed E-state index contributed by atoms with van der Waals surface area (Å²) in [6, 6.07) is 1.46. The number of halogens is 2. The van der Waals surface area contributed by atoms with E-state index in [1.807, 2.05) is 0 Å². The van der Waals surface area contributed by atoms with Crippen LogP contribution in [0.5, 0.6) is 0 Å². The van der Waals surface area contributed by atoms with Gasteiger partial charge in [-0.25, -0.2) is 8.78 Å². The lowest BCUT2D eigenvalue weighted by Gasteiger charge is -2.08. The second-order valence-electron chi connectivity index (χ2n) is 9.88. The summed E-state index contributed by atoms with van der Waals surface area (Å²) in [6.07, 6.45) is 20.5. The van der Waals surface area contributed by atoms with Crippen LogP contribution in [0.1, 0.15) is 146 Å². The molecule has 0 spiro atoms. The molecule has 1 saturated carbocycles. The van der Waals surface area contributed by atoms with E-state index in [2.05, 4.69) is 17.3 Å². The summed E-state index contributed by atoms with van der Waals surface area (Å²) in [7, 11) is 0. The van der Waals surface area contributed by atoms with Gasteiger partial charge in [-0.2, -0.15) is 5.10 Å². The molecule has 0 saturated heterocycles. The second-order valence-corrected chi connectivity index (χ2v) is 9.88. The van der Waals surface area contributed by atoms with E-state index in [9.17, 15) is 13.6 Å². The maximum absolute atomic E-state index is 13.2. The lowest BCUT2D eigenvalue weighted by atomic mass is 10.0. The molecule has 2 rings (SSSR count). The van der Waals surface area contributed by atoms with Gasteiger partial charge in [-0.05, 0) is 25.3 Å². The van der Waals surface area contributed by atoms with Crippen molar-refractivity contribution in [2.24, 2.45) is 0 Å². The number of carbonyl (C=O) groups is 1. The van der Waals surface area contributed by atoms with Crippen LogP contribution in [0, 0.1) is 0 Å². The van der Waals surface area contributed by atoms with Crippen molar-refractivity contribution in [1.29, 1.82) is 0 Å². The molecule has 33 heavy (non-hydrogen) atoms. The molecule has 0 radical (unpaired) electrons. The third-order valence-corrected chi connectivity index (χ3v) is 6.70. The molecule has 0 bridgehead atoms. The molecule has 1 N–H and O–H groups in total. The van der Waals surface area contributed by atoms with Gasteiger partial charge in [0, 0.05) is 12.5 Å². The van der Waals surface area contributed by atoms with Crippen molar-refractivity contribution in [2.75, 3.05) is 6.54 Å². The minimum absolute atomic E-state index is 0.120. The monoisotopic (exact) mass is 467 g/mol. The van der Waals surface area contributed by atoms with E-state index in [0.717, 1.165) is 25.7 Å². The molecule has 0 aliphatic heterocycles. The molecule has 6 heteroatoms. The summed E-state index contributed by atoms with van der Waals surface area (Å²) in [5, 5.41) is 7.09. The molecule has 0 unspecified atom stereocenters. The van der Waals surface area contributed by atoms with Crippen molar-refractivity contribution >= 4 is 5.91 Å². The van der Waals surface area contributed by atoms with Crippen molar-refractivity contribution < 1.29 is 13.6 Å². The molecular weight excluding hydrogens is 420 g/mol. The van der Waals surface area contributed by atoms with Gasteiger partial charge in [0.05, 0.1) is 5.69 Å². The Hall–Kier alpha value is -1.46. The van der Waals surface area contributed by atoms with Crippen LogP contribution in [-0.2, 0) is 11.3 Å². The summed E-state index contributed by atoms with van der Waals surface area (Å²) >= 11 is 0. The third kappa shape index (κ3) is 12.5. The van der Waals surface area contributed by atoms with Crippen LogP contribution in [0.15, 0.2) is 6.07 Å². The summed E-state index contributed by atoms with van der Waals surface area (Å²) in [5.41, 5.74) is 0.561. The van der Waals surface area contributed by atoms with E-state index in [-0.39, 0.29) is 18.1 Å². The highest BCUT2D eigenvalue weighted by molar-refractivity contribution is 5.75. The zero-order chi connectivity index (χ0) is 23.7. The SMILES string of the molecule is CCCCCCCCCCCCCCCCCCNC(=O)Cn1nc(C2CC2)cc1C(F)F. The van der Waals surface area contributed by atoms with E-state index < -0.39 is 6.43 Å². The number of amides is 1. The highest BCUT2D eigenvalue weighted by atomic mass is 19.3. The molecular formula is C27H47F2N3O. The zero-order valence-corrected chi connectivity index (χ0v) is 20.9. The quantitative estimate of drug-likeness (QED) is 0.186. The Bertz CT molecular complexity index is 643. The van der Waals surface area contributed by atoms with E-state index in [4.69, 9.17) is 0 Å². The van der Waals surface area contributed by atoms with Crippen molar-refractivity contribution in [3.8, 4) is 0 Å². The van der Waals surface area contributed by atoms with E-state index in [0.29, 0.717) is 18.2 Å². The lowest BCUT2D eigenvalue weighted by molar-refractivity contribution is -0.121. The van der Waals surface area contributed by atoms with Gasteiger partial charge in [-0.1, -0.05) is 103 Å². The molecule has 190 valence electrons. The fourth-order valence-electron chi connectivity index (χ4n) is 4.43. The van der Waals surface area contributed by atoms with E-state index in [1.54, 1.807) is 0 Å². The Morgan fingerprint density at radius 3 is 1.85 bits per heavy atom. The summed E-state index contributed by atoms with van der Waals surface area (Å²) in [6.45, 7) is 2.76. The van der Waals surface area contributed by atoms with Gasteiger partial charge < -0.3 is 5.32 Å². The average Bonchev–Trinajstić information content (AvgIpc) is 3.56. The Morgan fingerprint density at radius 2 is 1.39 bits per heavy atom. The second kappa shape index (κ2) is 17.0. The predicted octanol–water partition coefficient (Wildman–Crippen LogP) is 8.08. The first-order chi connectivity index (χ1) is 16.1. The highest BCUT2D eigenvalue weighted by Gasteiger charge is 2.29. The first-order valence-electron chi connectivity index (χ1n) is 13.7. The number of rotatable bonds is 21. The first-order valence-corrected chi connectivity index (χ1v) is 13.7. The van der Waals surface area contributed by atoms with E-state index in [1.165, 1.54) is 101 Å². The fourth-order valence-corrected chi connectivity index (χ4v) is 4.43. The Morgan fingerprint density at radius 1 is 0.909 bits per heavy atom. The number of nitrogens with one attached hydrogen (secondary N) is 1. The zero-order valence-electron chi connectivity index (χ0n) is 20.9. The van der Waals surface area contributed by atoms with Crippen LogP contribution < -0.4 is 5.32 Å². The fraction of sp³-hybridized carbons (Fsp3) is 0.852. The molecule has 1 aromatic heterocycles. The van der Waals surface area contributed by atoms with Gasteiger partial charge >= 0.3 is 0 Å². The van der Waals surface area contributed by atoms with Crippen molar-refractivity contribution in [3.63, 3.8) is 0 Å². The lowest BCUT2D eigenvalue weighted by Crippen LogP contribution is -2.29. The van der Waals surface area contributed by atoms with Gasteiger partial charge in [-0.3, -0.25) is 9.48 Å². The van der Waals surface area contributed by atoms with E-state index >= 15 is 0 Å². The largest absolute Gasteiger partial charge is 0.354 e. The van der Waals surface area contributed by atoms with Crippen molar-refractivity contribution in [3.05, 3.63) is 17.5 Å². The number of nitrogens with zero attached hydrogens (tertiary/aromatic N) is 2. The molecule has 1 aromatic rings. The smallest absolute Gasteiger partial charge is 0.280 e. The summed E-state index contributed by atoms with van der Waals surface area (Å²) in [4.78, 5) is 12.1. The number of unbranched alkanes of at least 4 members (excludes halogenated alkanes) is 15.